The third-order valence-corrected chi connectivity index (χ3v) is 3.52. The molecule has 4 heteroatoms. The largest absolute Gasteiger partial charge is 0.357 e. The van der Waals surface area contributed by atoms with Crippen molar-refractivity contribution >= 4 is 5.96 Å². The Morgan fingerprint density at radius 1 is 1.26 bits per heavy atom. The highest BCUT2D eigenvalue weighted by Crippen LogP contribution is 2.48. The van der Waals surface area contributed by atoms with E-state index in [0.29, 0.717) is 6.54 Å². The number of hydrogen-bond donors (Lipinski definition) is 2. The smallest absolute Gasteiger partial charge is 0.191 e. The van der Waals surface area contributed by atoms with Crippen LogP contribution in [0.15, 0.2) is 29.3 Å². The second-order valence-electron chi connectivity index (χ2n) is 5.02. The van der Waals surface area contributed by atoms with Crippen LogP contribution in [0.25, 0.3) is 0 Å². The van der Waals surface area contributed by atoms with Crippen molar-refractivity contribution in [3.63, 3.8) is 0 Å². The number of aliphatic imine (C=N–C) groups is 1. The van der Waals surface area contributed by atoms with E-state index in [1.54, 1.807) is 12.1 Å². The molecule has 0 aliphatic heterocycles. The Morgan fingerprint density at radius 2 is 1.95 bits per heavy atom. The lowest BCUT2D eigenvalue weighted by Crippen LogP contribution is -2.37. The summed E-state index contributed by atoms with van der Waals surface area (Å²) in [5.74, 6) is 0.680. The molecule has 1 aromatic carbocycles. The maximum absolute atomic E-state index is 13.3. The molecule has 0 amide bonds. The van der Waals surface area contributed by atoms with Gasteiger partial charge in [-0.05, 0) is 44.4 Å². The molecule has 0 unspecified atom stereocenters. The molecule has 0 heterocycles. The van der Waals surface area contributed by atoms with Crippen molar-refractivity contribution in [2.24, 2.45) is 4.99 Å². The highest BCUT2D eigenvalue weighted by molar-refractivity contribution is 5.79. The van der Waals surface area contributed by atoms with Crippen molar-refractivity contribution < 1.29 is 4.39 Å². The average Bonchev–Trinajstić information content (AvgIpc) is 3.18. The van der Waals surface area contributed by atoms with Crippen molar-refractivity contribution in [2.75, 3.05) is 19.6 Å². The van der Waals surface area contributed by atoms with Crippen LogP contribution in [0.1, 0.15) is 32.3 Å². The number of rotatable bonds is 5. The Balaban J connectivity index is 2.07. The molecule has 0 atom stereocenters. The predicted molar refractivity (Wildman–Crippen MR) is 77.0 cm³/mol. The van der Waals surface area contributed by atoms with E-state index in [9.17, 15) is 4.39 Å². The van der Waals surface area contributed by atoms with Crippen LogP contribution in [0.2, 0.25) is 0 Å². The number of hydrogen-bond acceptors (Lipinski definition) is 1. The Labute approximate surface area is 114 Å². The van der Waals surface area contributed by atoms with Gasteiger partial charge in [0, 0.05) is 18.5 Å². The first-order valence-electron chi connectivity index (χ1n) is 6.98. The Hall–Kier alpha value is -1.58. The van der Waals surface area contributed by atoms with E-state index in [-0.39, 0.29) is 11.2 Å². The topological polar surface area (TPSA) is 36.4 Å². The van der Waals surface area contributed by atoms with Crippen molar-refractivity contribution in [2.45, 2.75) is 32.1 Å². The van der Waals surface area contributed by atoms with Crippen LogP contribution in [0.4, 0.5) is 4.39 Å². The van der Waals surface area contributed by atoms with Gasteiger partial charge in [0.1, 0.15) is 5.82 Å². The molecule has 104 valence electrons. The third-order valence-electron chi connectivity index (χ3n) is 3.52. The first-order chi connectivity index (χ1) is 9.20. The molecule has 1 aliphatic carbocycles. The van der Waals surface area contributed by atoms with Gasteiger partial charge in [-0.25, -0.2) is 4.39 Å². The van der Waals surface area contributed by atoms with E-state index in [4.69, 9.17) is 0 Å². The fourth-order valence-corrected chi connectivity index (χ4v) is 2.25. The van der Waals surface area contributed by atoms with Gasteiger partial charge in [-0.2, -0.15) is 0 Å². The first kappa shape index (κ1) is 13.8. The van der Waals surface area contributed by atoms with Crippen molar-refractivity contribution in [3.8, 4) is 0 Å². The second-order valence-corrected chi connectivity index (χ2v) is 5.02. The molecule has 0 bridgehead atoms. The number of guanidine groups is 1. The van der Waals surface area contributed by atoms with E-state index in [1.807, 2.05) is 19.9 Å². The monoisotopic (exact) mass is 263 g/mol. The minimum atomic E-state index is -0.161. The molecule has 2 N–H and O–H groups in total. The molecule has 2 rings (SSSR count). The summed E-state index contributed by atoms with van der Waals surface area (Å²) in [6.07, 6.45) is 2.18. The van der Waals surface area contributed by atoms with Crippen LogP contribution in [0, 0.1) is 5.82 Å². The van der Waals surface area contributed by atoms with Gasteiger partial charge in [-0.1, -0.05) is 12.1 Å². The molecule has 3 nitrogen and oxygen atoms in total. The Morgan fingerprint density at radius 3 is 2.47 bits per heavy atom. The zero-order valence-corrected chi connectivity index (χ0v) is 11.7. The van der Waals surface area contributed by atoms with Gasteiger partial charge < -0.3 is 10.6 Å². The predicted octanol–water partition coefficient (Wildman–Crippen LogP) is 2.43. The van der Waals surface area contributed by atoms with Gasteiger partial charge in [0.15, 0.2) is 5.96 Å². The summed E-state index contributed by atoms with van der Waals surface area (Å²) in [7, 11) is 0. The van der Waals surface area contributed by atoms with Crippen LogP contribution in [0.3, 0.4) is 0 Å². The van der Waals surface area contributed by atoms with Crippen LogP contribution in [0.5, 0.6) is 0 Å². The van der Waals surface area contributed by atoms with Gasteiger partial charge in [-0.15, -0.1) is 0 Å². The summed E-state index contributed by atoms with van der Waals surface area (Å²) in [5, 5.41) is 6.42. The zero-order chi connectivity index (χ0) is 13.7. The summed E-state index contributed by atoms with van der Waals surface area (Å²) >= 11 is 0. The average molecular weight is 263 g/mol. The molecular weight excluding hydrogens is 241 g/mol. The quantitative estimate of drug-likeness (QED) is 0.632. The number of halogens is 1. The molecule has 0 spiro atoms. The molecular formula is C15H22FN3. The second kappa shape index (κ2) is 6.04. The van der Waals surface area contributed by atoms with Crippen LogP contribution in [-0.2, 0) is 5.41 Å². The molecule has 1 aliphatic rings. The Bertz CT molecular complexity index is 444. The maximum atomic E-state index is 13.3. The lowest BCUT2D eigenvalue weighted by molar-refractivity contribution is 0.616. The van der Waals surface area contributed by atoms with E-state index in [1.165, 1.54) is 6.07 Å². The molecule has 1 fully saturated rings. The Kier molecular flexibility index (Phi) is 4.40. The van der Waals surface area contributed by atoms with Crippen molar-refractivity contribution in [1.82, 2.24) is 10.6 Å². The van der Waals surface area contributed by atoms with Gasteiger partial charge in [-0.3, -0.25) is 4.99 Å². The van der Waals surface area contributed by atoms with Crippen LogP contribution < -0.4 is 10.6 Å². The molecule has 19 heavy (non-hydrogen) atoms. The number of nitrogens with zero attached hydrogens (tertiary/aromatic N) is 1. The first-order valence-corrected chi connectivity index (χ1v) is 6.98. The van der Waals surface area contributed by atoms with E-state index in [2.05, 4.69) is 15.6 Å². The minimum Gasteiger partial charge on any atom is -0.357 e. The fraction of sp³-hybridized carbons (Fsp3) is 0.533. The lowest BCUT2D eigenvalue weighted by Gasteiger charge is -2.15. The van der Waals surface area contributed by atoms with Crippen LogP contribution in [-0.4, -0.2) is 25.6 Å². The lowest BCUT2D eigenvalue weighted by atomic mass is 9.96. The summed E-state index contributed by atoms with van der Waals surface area (Å²) in [6, 6.07) is 6.92. The van der Waals surface area contributed by atoms with Crippen molar-refractivity contribution in [1.29, 1.82) is 0 Å². The van der Waals surface area contributed by atoms with E-state index < -0.39 is 0 Å². The highest BCUT2D eigenvalue weighted by atomic mass is 19.1. The van der Waals surface area contributed by atoms with E-state index in [0.717, 1.165) is 37.5 Å². The zero-order valence-electron chi connectivity index (χ0n) is 11.7. The van der Waals surface area contributed by atoms with Gasteiger partial charge >= 0.3 is 0 Å². The standard InChI is InChI=1S/C15H22FN3/c1-3-17-14(18-4-2)19-11-15(8-9-15)12-6-5-7-13(16)10-12/h5-7,10H,3-4,8-9,11H2,1-2H3,(H2,17,18,19). The summed E-state index contributed by atoms with van der Waals surface area (Å²) in [6.45, 7) is 6.50. The van der Waals surface area contributed by atoms with Crippen molar-refractivity contribution in [3.05, 3.63) is 35.6 Å². The minimum absolute atomic E-state index is 0.0538. The third kappa shape index (κ3) is 3.46. The highest BCUT2D eigenvalue weighted by Gasteiger charge is 2.44. The summed E-state index contributed by atoms with van der Waals surface area (Å²) in [4.78, 5) is 4.62. The van der Waals surface area contributed by atoms with Gasteiger partial charge in [0.2, 0.25) is 0 Å². The van der Waals surface area contributed by atoms with Gasteiger partial charge in [0.25, 0.3) is 0 Å². The molecule has 1 aromatic rings. The molecule has 0 radical (unpaired) electrons. The SMILES string of the molecule is CCNC(=NCC1(c2cccc(F)c2)CC1)NCC. The van der Waals surface area contributed by atoms with E-state index >= 15 is 0 Å². The van der Waals surface area contributed by atoms with Crippen LogP contribution >= 0.6 is 0 Å². The molecule has 1 saturated carbocycles. The molecule has 0 saturated heterocycles. The normalized spacial score (nSPS) is 15.7. The summed E-state index contributed by atoms with van der Waals surface area (Å²) in [5.41, 5.74) is 1.13. The molecule has 0 aromatic heterocycles. The van der Waals surface area contributed by atoms with Gasteiger partial charge in [0.05, 0.1) is 6.54 Å². The number of benzene rings is 1. The number of nitrogens with one attached hydrogen (secondary N) is 2. The summed E-state index contributed by atoms with van der Waals surface area (Å²) < 4.78 is 13.3. The maximum Gasteiger partial charge on any atom is 0.191 e. The fourth-order valence-electron chi connectivity index (χ4n) is 2.25.